The van der Waals surface area contributed by atoms with Gasteiger partial charge in [0.2, 0.25) is 10.0 Å². The molecule has 0 fully saturated rings. The third kappa shape index (κ3) is 3.38. The predicted octanol–water partition coefficient (Wildman–Crippen LogP) is 2.26. The Morgan fingerprint density at radius 1 is 1.08 bits per heavy atom. The number of hydrogen-bond acceptors (Lipinski definition) is 5. The average molecular weight is 356 g/mol. The molecule has 3 aromatic rings. The predicted molar refractivity (Wildman–Crippen MR) is 93.7 cm³/mol. The molecule has 1 aromatic heterocycles. The number of carbonyl (C=O) groups excluding carboxylic acids is 1. The lowest BCUT2D eigenvalue weighted by molar-refractivity contribution is 0.0596. The number of ether oxygens (including phenoxy) is 1. The second-order valence-corrected chi connectivity index (χ2v) is 6.99. The number of fused-ring (bicyclic) bond motifs is 1. The molecule has 0 aliphatic carbocycles. The fourth-order valence-electron chi connectivity index (χ4n) is 2.85. The molecule has 0 unspecified atom stereocenters. The lowest BCUT2D eigenvalue weighted by Gasteiger charge is -2.13. The number of hydrogen-bond donors (Lipinski definition) is 1. The first kappa shape index (κ1) is 17.1. The van der Waals surface area contributed by atoms with Crippen LogP contribution in [0.5, 0.6) is 0 Å². The molecule has 25 heavy (non-hydrogen) atoms. The van der Waals surface area contributed by atoms with E-state index >= 15 is 0 Å². The third-order valence-corrected chi connectivity index (χ3v) is 4.96. The van der Waals surface area contributed by atoms with E-state index in [0.717, 1.165) is 16.5 Å². The Kier molecular flexibility index (Phi) is 4.52. The molecule has 0 spiro atoms. The van der Waals surface area contributed by atoms with Crippen molar-refractivity contribution >= 4 is 26.9 Å². The van der Waals surface area contributed by atoms with Crippen LogP contribution in [0.25, 0.3) is 10.9 Å². The summed E-state index contributed by atoms with van der Waals surface area (Å²) in [5.74, 6) is -0.745. The highest BCUT2D eigenvalue weighted by molar-refractivity contribution is 7.89. The number of esters is 1. The van der Waals surface area contributed by atoms with Crippen LogP contribution in [0, 0.1) is 0 Å². The van der Waals surface area contributed by atoms with Crippen LogP contribution in [0.2, 0.25) is 0 Å². The van der Waals surface area contributed by atoms with Gasteiger partial charge in [0.05, 0.1) is 23.1 Å². The SMILES string of the molecule is COC(=O)c1cccc(Cc2ccnc3ccccc23)c1S(N)(=O)=O. The van der Waals surface area contributed by atoms with Crippen molar-refractivity contribution < 1.29 is 17.9 Å². The maximum absolute atomic E-state index is 12.1. The van der Waals surface area contributed by atoms with Gasteiger partial charge in [-0.3, -0.25) is 4.98 Å². The third-order valence-electron chi connectivity index (χ3n) is 3.91. The summed E-state index contributed by atoms with van der Waals surface area (Å²) in [5.41, 5.74) is 2.06. The van der Waals surface area contributed by atoms with Gasteiger partial charge >= 0.3 is 5.97 Å². The maximum atomic E-state index is 12.1. The first-order valence-corrected chi connectivity index (χ1v) is 9.02. The van der Waals surface area contributed by atoms with E-state index < -0.39 is 16.0 Å². The van der Waals surface area contributed by atoms with Crippen LogP contribution in [0.3, 0.4) is 0 Å². The molecular formula is C18H16N2O4S. The molecule has 0 saturated heterocycles. The first-order valence-electron chi connectivity index (χ1n) is 7.47. The Labute approximate surface area is 145 Å². The summed E-state index contributed by atoms with van der Waals surface area (Å²) < 4.78 is 28.9. The highest BCUT2D eigenvalue weighted by Gasteiger charge is 2.24. The van der Waals surface area contributed by atoms with E-state index in [1.807, 2.05) is 30.3 Å². The van der Waals surface area contributed by atoms with Gasteiger partial charge in [-0.25, -0.2) is 18.4 Å². The Bertz CT molecular complexity index is 1060. The van der Waals surface area contributed by atoms with E-state index in [1.54, 1.807) is 18.3 Å². The lowest BCUT2D eigenvalue weighted by Crippen LogP contribution is -2.20. The minimum Gasteiger partial charge on any atom is -0.465 e. The molecule has 2 N–H and O–H groups in total. The van der Waals surface area contributed by atoms with Crippen molar-refractivity contribution in [2.45, 2.75) is 11.3 Å². The molecule has 1 heterocycles. The number of nitrogens with two attached hydrogens (primary N) is 1. The highest BCUT2D eigenvalue weighted by atomic mass is 32.2. The number of sulfonamides is 1. The van der Waals surface area contributed by atoms with Crippen LogP contribution in [0.15, 0.2) is 59.6 Å². The van der Waals surface area contributed by atoms with E-state index in [9.17, 15) is 13.2 Å². The summed E-state index contributed by atoms with van der Waals surface area (Å²) in [6.07, 6.45) is 1.96. The Balaban J connectivity index is 2.19. The number of para-hydroxylation sites is 1. The van der Waals surface area contributed by atoms with E-state index in [-0.39, 0.29) is 10.5 Å². The molecule has 0 bridgehead atoms. The number of carbonyl (C=O) groups is 1. The number of pyridine rings is 1. The van der Waals surface area contributed by atoms with Gasteiger partial charge in [0.1, 0.15) is 0 Å². The van der Waals surface area contributed by atoms with Crippen molar-refractivity contribution in [2.75, 3.05) is 7.11 Å². The summed E-state index contributed by atoms with van der Waals surface area (Å²) in [6.45, 7) is 0. The van der Waals surface area contributed by atoms with Crippen LogP contribution in [0.4, 0.5) is 0 Å². The zero-order chi connectivity index (χ0) is 18.0. The van der Waals surface area contributed by atoms with Crippen LogP contribution < -0.4 is 5.14 Å². The van der Waals surface area contributed by atoms with Crippen LogP contribution in [-0.2, 0) is 21.2 Å². The van der Waals surface area contributed by atoms with E-state index in [2.05, 4.69) is 9.72 Å². The fraction of sp³-hybridized carbons (Fsp3) is 0.111. The normalized spacial score (nSPS) is 11.4. The number of rotatable bonds is 4. The molecule has 0 aliphatic rings. The summed E-state index contributed by atoms with van der Waals surface area (Å²) in [6, 6.07) is 14.0. The van der Waals surface area contributed by atoms with Gasteiger partial charge in [0.15, 0.2) is 0 Å². The molecule has 6 nitrogen and oxygen atoms in total. The average Bonchev–Trinajstić information content (AvgIpc) is 2.60. The van der Waals surface area contributed by atoms with Gasteiger partial charge in [0, 0.05) is 11.6 Å². The van der Waals surface area contributed by atoms with Crippen LogP contribution in [-0.4, -0.2) is 26.5 Å². The minimum atomic E-state index is -4.11. The quantitative estimate of drug-likeness (QED) is 0.723. The van der Waals surface area contributed by atoms with Crippen molar-refractivity contribution in [3.8, 4) is 0 Å². The zero-order valence-electron chi connectivity index (χ0n) is 13.5. The molecule has 3 rings (SSSR count). The molecule has 0 aliphatic heterocycles. The monoisotopic (exact) mass is 356 g/mol. The summed E-state index contributed by atoms with van der Waals surface area (Å²) in [4.78, 5) is 16.0. The van der Waals surface area contributed by atoms with Gasteiger partial charge < -0.3 is 4.74 Å². The van der Waals surface area contributed by atoms with Gasteiger partial charge in [-0.1, -0.05) is 30.3 Å². The van der Waals surface area contributed by atoms with E-state index in [1.165, 1.54) is 13.2 Å². The summed E-state index contributed by atoms with van der Waals surface area (Å²) >= 11 is 0. The van der Waals surface area contributed by atoms with Crippen molar-refractivity contribution in [1.29, 1.82) is 0 Å². The standard InChI is InChI=1S/C18H16N2O4S/c1-24-18(21)15-7-4-5-13(17(15)25(19,22)23)11-12-9-10-20-16-8-3-2-6-14(12)16/h2-10H,11H2,1H3,(H2,19,22,23). The smallest absolute Gasteiger partial charge is 0.339 e. The van der Waals surface area contributed by atoms with E-state index in [0.29, 0.717) is 12.0 Å². The number of nitrogens with zero attached hydrogens (tertiary/aromatic N) is 1. The molecule has 128 valence electrons. The minimum absolute atomic E-state index is 0.0686. The Morgan fingerprint density at radius 2 is 1.84 bits per heavy atom. The molecular weight excluding hydrogens is 340 g/mol. The van der Waals surface area contributed by atoms with Crippen LogP contribution in [0.1, 0.15) is 21.5 Å². The molecule has 2 aromatic carbocycles. The van der Waals surface area contributed by atoms with Crippen molar-refractivity contribution in [3.63, 3.8) is 0 Å². The number of methoxy groups -OCH3 is 1. The first-order chi connectivity index (χ1) is 11.9. The largest absolute Gasteiger partial charge is 0.465 e. The topological polar surface area (TPSA) is 99.3 Å². The Morgan fingerprint density at radius 3 is 2.56 bits per heavy atom. The maximum Gasteiger partial charge on any atom is 0.339 e. The lowest BCUT2D eigenvalue weighted by atomic mass is 9.99. The Hall–Kier alpha value is -2.77. The van der Waals surface area contributed by atoms with Gasteiger partial charge in [-0.2, -0.15) is 0 Å². The molecule has 7 heteroatoms. The zero-order valence-corrected chi connectivity index (χ0v) is 14.3. The number of aromatic nitrogens is 1. The number of primary sulfonamides is 1. The molecule has 0 amide bonds. The van der Waals surface area contributed by atoms with Gasteiger partial charge in [0.25, 0.3) is 0 Å². The number of benzene rings is 2. The van der Waals surface area contributed by atoms with Crippen LogP contribution >= 0.6 is 0 Å². The second kappa shape index (κ2) is 6.62. The molecule has 0 radical (unpaired) electrons. The summed E-state index contributed by atoms with van der Waals surface area (Å²) in [7, 11) is -2.92. The fourth-order valence-corrected chi connectivity index (χ4v) is 3.81. The summed E-state index contributed by atoms with van der Waals surface area (Å²) in [5, 5.41) is 6.28. The molecule has 0 atom stereocenters. The van der Waals surface area contributed by atoms with Gasteiger partial charge in [-0.05, 0) is 35.7 Å². The highest BCUT2D eigenvalue weighted by Crippen LogP contribution is 2.26. The second-order valence-electron chi connectivity index (χ2n) is 5.49. The van der Waals surface area contributed by atoms with Crippen molar-refractivity contribution in [1.82, 2.24) is 4.98 Å². The van der Waals surface area contributed by atoms with Crippen molar-refractivity contribution in [3.05, 3.63) is 71.4 Å². The van der Waals surface area contributed by atoms with Crippen molar-refractivity contribution in [2.24, 2.45) is 5.14 Å². The van der Waals surface area contributed by atoms with Gasteiger partial charge in [-0.15, -0.1) is 0 Å². The molecule has 0 saturated carbocycles. The van der Waals surface area contributed by atoms with E-state index in [4.69, 9.17) is 5.14 Å².